The van der Waals surface area contributed by atoms with Crippen molar-refractivity contribution in [3.8, 4) is 0 Å². The van der Waals surface area contributed by atoms with Gasteiger partial charge in [-0.1, -0.05) is 0 Å². The van der Waals surface area contributed by atoms with E-state index in [9.17, 15) is 4.79 Å². The molecular formula is C11H13NOS. The van der Waals surface area contributed by atoms with Gasteiger partial charge in [-0.25, -0.2) is 0 Å². The van der Waals surface area contributed by atoms with Crippen LogP contribution < -0.4 is 5.56 Å². The van der Waals surface area contributed by atoms with Crippen LogP contribution in [0, 0.1) is 0 Å². The molecule has 0 radical (unpaired) electrons. The van der Waals surface area contributed by atoms with E-state index in [0.717, 1.165) is 10.1 Å². The minimum Gasteiger partial charge on any atom is -0.310 e. The first kappa shape index (κ1) is 9.46. The summed E-state index contributed by atoms with van der Waals surface area (Å²) in [7, 11) is 0. The van der Waals surface area contributed by atoms with Crippen LogP contribution in [0.15, 0.2) is 28.5 Å². The number of fused-ring (bicyclic) bond motifs is 1. The summed E-state index contributed by atoms with van der Waals surface area (Å²) >= 11 is 1.61. The van der Waals surface area contributed by atoms with Crippen molar-refractivity contribution in [3.05, 3.63) is 34.1 Å². The predicted molar refractivity (Wildman–Crippen MR) is 61.1 cm³/mol. The Hall–Kier alpha value is -1.09. The van der Waals surface area contributed by atoms with Gasteiger partial charge in [0.1, 0.15) is 0 Å². The predicted octanol–water partition coefficient (Wildman–Crippen LogP) is 2.82. The lowest BCUT2D eigenvalue weighted by atomic mass is 10.1. The van der Waals surface area contributed by atoms with Crippen LogP contribution in [0.1, 0.15) is 20.8 Å². The third-order valence-corrected chi connectivity index (χ3v) is 3.12. The minimum absolute atomic E-state index is 0.108. The molecule has 0 aliphatic heterocycles. The zero-order valence-corrected chi connectivity index (χ0v) is 9.39. The largest absolute Gasteiger partial charge is 0.310 e. The lowest BCUT2D eigenvalue weighted by Crippen LogP contribution is -2.32. The summed E-state index contributed by atoms with van der Waals surface area (Å²) in [4.78, 5) is 12.0. The molecule has 0 amide bonds. The molecule has 0 saturated heterocycles. The van der Waals surface area contributed by atoms with E-state index in [2.05, 4.69) is 0 Å². The fourth-order valence-electron chi connectivity index (χ4n) is 1.49. The number of rotatable bonds is 0. The van der Waals surface area contributed by atoms with E-state index in [-0.39, 0.29) is 11.1 Å². The molecule has 0 saturated carbocycles. The van der Waals surface area contributed by atoms with Crippen molar-refractivity contribution in [3.63, 3.8) is 0 Å². The van der Waals surface area contributed by atoms with Crippen LogP contribution in [0.4, 0.5) is 0 Å². The molecule has 0 aliphatic rings. The standard InChI is InChI=1S/C11H13NOS/c1-11(2,3)12-6-4-9-8(10(12)13)5-7-14-9/h4-7H,1-3H3. The molecule has 3 heteroatoms. The van der Waals surface area contributed by atoms with Crippen LogP contribution in [0.3, 0.4) is 0 Å². The van der Waals surface area contributed by atoms with Gasteiger partial charge >= 0.3 is 0 Å². The molecule has 2 rings (SSSR count). The Morgan fingerprint density at radius 2 is 2.00 bits per heavy atom. The summed E-state index contributed by atoms with van der Waals surface area (Å²) in [5.41, 5.74) is -0.0380. The maximum Gasteiger partial charge on any atom is 0.259 e. The van der Waals surface area contributed by atoms with Gasteiger partial charge in [0.25, 0.3) is 5.56 Å². The van der Waals surface area contributed by atoms with Crippen molar-refractivity contribution in [1.82, 2.24) is 4.57 Å². The molecule has 0 atom stereocenters. The highest BCUT2D eigenvalue weighted by molar-refractivity contribution is 7.17. The molecule has 2 heterocycles. The van der Waals surface area contributed by atoms with Gasteiger partial charge in [0.15, 0.2) is 0 Å². The van der Waals surface area contributed by atoms with Gasteiger partial charge < -0.3 is 4.57 Å². The maximum atomic E-state index is 12.0. The van der Waals surface area contributed by atoms with Crippen molar-refractivity contribution < 1.29 is 0 Å². The fourth-order valence-corrected chi connectivity index (χ4v) is 2.27. The molecule has 2 aromatic rings. The smallest absolute Gasteiger partial charge is 0.259 e. The normalized spacial score (nSPS) is 12.2. The van der Waals surface area contributed by atoms with Crippen molar-refractivity contribution in [1.29, 1.82) is 0 Å². The molecular weight excluding hydrogens is 194 g/mol. The second-order valence-electron chi connectivity index (χ2n) is 4.36. The molecule has 0 bridgehead atoms. The first-order chi connectivity index (χ1) is 6.50. The number of aromatic nitrogens is 1. The summed E-state index contributed by atoms with van der Waals surface area (Å²) in [5, 5.41) is 2.78. The van der Waals surface area contributed by atoms with E-state index < -0.39 is 0 Å². The second kappa shape index (κ2) is 2.95. The first-order valence-electron chi connectivity index (χ1n) is 4.59. The van der Waals surface area contributed by atoms with Crippen LogP contribution in [0.2, 0.25) is 0 Å². The Morgan fingerprint density at radius 3 is 2.64 bits per heavy atom. The third-order valence-electron chi connectivity index (χ3n) is 2.24. The van der Waals surface area contributed by atoms with Crippen LogP contribution in [-0.4, -0.2) is 4.57 Å². The Morgan fingerprint density at radius 1 is 1.29 bits per heavy atom. The number of thiophene rings is 1. The molecule has 0 aromatic carbocycles. The van der Waals surface area contributed by atoms with Crippen molar-refractivity contribution >= 4 is 21.4 Å². The van der Waals surface area contributed by atoms with E-state index in [4.69, 9.17) is 0 Å². The molecule has 74 valence electrons. The number of hydrogen-bond donors (Lipinski definition) is 0. The van der Waals surface area contributed by atoms with Gasteiger partial charge in [-0.05, 0) is 38.3 Å². The lowest BCUT2D eigenvalue weighted by molar-refractivity contribution is 0.386. The van der Waals surface area contributed by atoms with Gasteiger partial charge in [-0.15, -0.1) is 11.3 Å². The van der Waals surface area contributed by atoms with Crippen LogP contribution >= 0.6 is 11.3 Å². The van der Waals surface area contributed by atoms with Crippen LogP contribution in [-0.2, 0) is 5.54 Å². The van der Waals surface area contributed by atoms with Gasteiger partial charge in [-0.3, -0.25) is 4.79 Å². The lowest BCUT2D eigenvalue weighted by Gasteiger charge is -2.22. The molecule has 0 fully saturated rings. The van der Waals surface area contributed by atoms with Crippen molar-refractivity contribution in [2.24, 2.45) is 0 Å². The number of nitrogens with zero attached hydrogens (tertiary/aromatic N) is 1. The highest BCUT2D eigenvalue weighted by Gasteiger charge is 2.15. The Labute approximate surface area is 86.8 Å². The topological polar surface area (TPSA) is 22.0 Å². The molecule has 0 unspecified atom stereocenters. The van der Waals surface area contributed by atoms with Crippen LogP contribution in [0.25, 0.3) is 10.1 Å². The van der Waals surface area contributed by atoms with Crippen LogP contribution in [0.5, 0.6) is 0 Å². The monoisotopic (exact) mass is 207 g/mol. The molecule has 0 N–H and O–H groups in total. The third kappa shape index (κ3) is 1.38. The summed E-state index contributed by atoms with van der Waals surface area (Å²) in [6.45, 7) is 6.10. The van der Waals surface area contributed by atoms with Gasteiger partial charge in [-0.2, -0.15) is 0 Å². The molecule has 0 aliphatic carbocycles. The van der Waals surface area contributed by atoms with Gasteiger partial charge in [0.2, 0.25) is 0 Å². The van der Waals surface area contributed by atoms with E-state index in [0.29, 0.717) is 0 Å². The number of hydrogen-bond acceptors (Lipinski definition) is 2. The SMILES string of the molecule is CC(C)(C)n1ccc2sccc2c1=O. The Balaban J connectivity index is 2.81. The maximum absolute atomic E-state index is 12.0. The molecule has 2 nitrogen and oxygen atoms in total. The Bertz CT molecular complexity index is 516. The van der Waals surface area contributed by atoms with Crippen molar-refractivity contribution in [2.75, 3.05) is 0 Å². The minimum atomic E-state index is -0.146. The van der Waals surface area contributed by atoms with Crippen molar-refractivity contribution in [2.45, 2.75) is 26.3 Å². The van der Waals surface area contributed by atoms with E-state index in [1.807, 2.05) is 44.5 Å². The van der Waals surface area contributed by atoms with E-state index in [1.54, 1.807) is 15.9 Å². The second-order valence-corrected chi connectivity index (χ2v) is 5.31. The highest BCUT2D eigenvalue weighted by Crippen LogP contribution is 2.19. The summed E-state index contributed by atoms with van der Waals surface area (Å²) in [6.07, 6.45) is 1.88. The van der Waals surface area contributed by atoms with E-state index >= 15 is 0 Å². The molecule has 2 aromatic heterocycles. The highest BCUT2D eigenvalue weighted by atomic mass is 32.1. The Kier molecular flexibility index (Phi) is 2.00. The molecule has 0 spiro atoms. The zero-order chi connectivity index (χ0) is 10.3. The summed E-state index contributed by atoms with van der Waals surface area (Å²) in [5.74, 6) is 0. The van der Waals surface area contributed by atoms with Gasteiger partial charge in [0.05, 0.1) is 5.39 Å². The first-order valence-corrected chi connectivity index (χ1v) is 5.47. The number of pyridine rings is 1. The molecule has 14 heavy (non-hydrogen) atoms. The van der Waals surface area contributed by atoms with Gasteiger partial charge in [0, 0.05) is 16.4 Å². The average Bonchev–Trinajstić information content (AvgIpc) is 2.50. The fraction of sp³-hybridized carbons (Fsp3) is 0.364. The quantitative estimate of drug-likeness (QED) is 0.651. The summed E-state index contributed by atoms with van der Waals surface area (Å²) < 4.78 is 2.85. The van der Waals surface area contributed by atoms with E-state index in [1.165, 1.54) is 0 Å². The summed E-state index contributed by atoms with van der Waals surface area (Å²) in [6, 6.07) is 3.90. The average molecular weight is 207 g/mol. The zero-order valence-electron chi connectivity index (χ0n) is 8.57.